The summed E-state index contributed by atoms with van der Waals surface area (Å²) in [5.74, 6) is -0.649. The van der Waals surface area contributed by atoms with Crippen LogP contribution in [0.15, 0.2) is 36.4 Å². The molecule has 0 saturated carbocycles. The van der Waals surface area contributed by atoms with Crippen molar-refractivity contribution >= 4 is 27.5 Å². The van der Waals surface area contributed by atoms with E-state index in [0.29, 0.717) is 4.88 Å². The average molecular weight is 367 g/mol. The van der Waals surface area contributed by atoms with Crippen molar-refractivity contribution in [3.63, 3.8) is 0 Å². The number of nitrogens with zero attached hydrogens (tertiary/aromatic N) is 1. The van der Waals surface area contributed by atoms with Crippen LogP contribution < -0.4 is 58.2 Å². The SMILES string of the molecule is Cc1cc(C)c2c(-c3ccccc3)c(C([NH-])=O)sc2n1.[Rb+]. The molecule has 0 spiro atoms. The van der Waals surface area contributed by atoms with E-state index in [4.69, 9.17) is 5.73 Å². The van der Waals surface area contributed by atoms with Gasteiger partial charge in [-0.05, 0) is 31.0 Å². The number of fused-ring (bicyclic) bond motifs is 1. The number of hydrogen-bond acceptors (Lipinski definition) is 3. The Hall–Kier alpha value is -0.395. The van der Waals surface area contributed by atoms with Gasteiger partial charge >= 0.3 is 58.2 Å². The molecule has 2 aromatic heterocycles. The number of aromatic nitrogens is 1. The number of amides is 1. The molecule has 0 saturated heterocycles. The first-order valence-corrected chi connectivity index (χ1v) is 7.11. The molecule has 0 aliphatic carbocycles. The van der Waals surface area contributed by atoms with E-state index >= 15 is 0 Å². The average Bonchev–Trinajstić information content (AvgIpc) is 2.79. The van der Waals surface area contributed by atoms with E-state index in [-0.39, 0.29) is 58.2 Å². The normalized spacial score (nSPS) is 10.4. The molecule has 0 bridgehead atoms. The summed E-state index contributed by atoms with van der Waals surface area (Å²) < 4.78 is 0. The maximum atomic E-state index is 11.7. The minimum absolute atomic E-state index is 0. The van der Waals surface area contributed by atoms with Crippen LogP contribution in [-0.4, -0.2) is 10.9 Å². The minimum Gasteiger partial charge on any atom is -0.663 e. The standard InChI is InChI=1S/C16H14N2OS.Rb/c1-9-8-10(2)18-16-12(9)13(14(20-16)15(17)19)11-6-4-3-5-7-11;/h3-8H,1-2H3,(H2,17,19);/q;+1/p-1. The van der Waals surface area contributed by atoms with Gasteiger partial charge in [-0.3, -0.25) is 0 Å². The van der Waals surface area contributed by atoms with Crippen LogP contribution >= 0.6 is 11.3 Å². The van der Waals surface area contributed by atoms with E-state index in [1.807, 2.05) is 50.2 Å². The second-order valence-corrected chi connectivity index (χ2v) is 5.76. The van der Waals surface area contributed by atoms with Crippen LogP contribution in [0.2, 0.25) is 0 Å². The quantitative estimate of drug-likeness (QED) is 0.694. The molecule has 1 amide bonds. The van der Waals surface area contributed by atoms with Crippen LogP contribution in [-0.2, 0) is 0 Å². The second kappa shape index (κ2) is 6.79. The molecule has 1 N–H and O–H groups in total. The van der Waals surface area contributed by atoms with Gasteiger partial charge in [0.1, 0.15) is 4.83 Å². The number of benzene rings is 1. The first-order chi connectivity index (χ1) is 9.58. The van der Waals surface area contributed by atoms with Crippen molar-refractivity contribution in [1.82, 2.24) is 4.98 Å². The fourth-order valence-electron chi connectivity index (χ4n) is 2.48. The van der Waals surface area contributed by atoms with Crippen molar-refractivity contribution < 1.29 is 63.0 Å². The van der Waals surface area contributed by atoms with Crippen LogP contribution in [0.25, 0.3) is 27.1 Å². The summed E-state index contributed by atoms with van der Waals surface area (Å²) in [6.45, 7) is 3.96. The van der Waals surface area contributed by atoms with E-state index in [9.17, 15) is 4.79 Å². The van der Waals surface area contributed by atoms with Gasteiger partial charge in [-0.2, -0.15) is 0 Å². The number of pyridine rings is 1. The topological polar surface area (TPSA) is 53.8 Å². The molecule has 21 heavy (non-hydrogen) atoms. The van der Waals surface area contributed by atoms with Gasteiger partial charge in [0, 0.05) is 16.6 Å². The number of thiophene rings is 1. The van der Waals surface area contributed by atoms with Gasteiger partial charge in [0.25, 0.3) is 0 Å². The zero-order chi connectivity index (χ0) is 14.3. The Labute approximate surface area is 176 Å². The Bertz CT molecular complexity index is 812. The molecule has 0 unspecified atom stereocenters. The van der Waals surface area contributed by atoms with Crippen molar-refractivity contribution in [2.45, 2.75) is 13.8 Å². The molecule has 0 atom stereocenters. The first kappa shape index (κ1) is 17.0. The molecule has 0 fully saturated rings. The van der Waals surface area contributed by atoms with Gasteiger partial charge in [-0.1, -0.05) is 30.3 Å². The number of hydrogen-bond donors (Lipinski definition) is 0. The van der Waals surface area contributed by atoms with Gasteiger partial charge < -0.3 is 10.5 Å². The summed E-state index contributed by atoms with van der Waals surface area (Å²) in [6, 6.07) is 11.8. The zero-order valence-corrected chi connectivity index (χ0v) is 18.0. The summed E-state index contributed by atoms with van der Waals surface area (Å²) in [6.07, 6.45) is 0. The zero-order valence-electron chi connectivity index (χ0n) is 12.2. The maximum Gasteiger partial charge on any atom is 1.00 e. The van der Waals surface area contributed by atoms with Gasteiger partial charge in [0.15, 0.2) is 0 Å². The fourth-order valence-corrected chi connectivity index (χ4v) is 3.64. The molecule has 5 heteroatoms. The molecule has 1 aromatic carbocycles. The number of carbonyl (C=O) groups excluding carboxylic acids is 1. The Balaban J connectivity index is 0.00000161. The Kier molecular flexibility index (Phi) is 5.49. The molecule has 3 aromatic rings. The molecule has 100 valence electrons. The summed E-state index contributed by atoms with van der Waals surface area (Å²) in [5, 5.41) is 0.988. The fraction of sp³-hybridized carbons (Fsp3) is 0.125. The predicted molar refractivity (Wildman–Crippen MR) is 83.2 cm³/mol. The minimum atomic E-state index is -0.649. The van der Waals surface area contributed by atoms with E-state index < -0.39 is 5.91 Å². The van der Waals surface area contributed by atoms with Crippen LogP contribution in [0.3, 0.4) is 0 Å². The molecular formula is C16H13N2ORbS. The van der Waals surface area contributed by atoms with Crippen molar-refractivity contribution in [3.05, 3.63) is 58.3 Å². The third-order valence-corrected chi connectivity index (χ3v) is 4.34. The summed E-state index contributed by atoms with van der Waals surface area (Å²) in [5.41, 5.74) is 11.3. The molecule has 0 aliphatic rings. The first-order valence-electron chi connectivity index (χ1n) is 6.30. The van der Waals surface area contributed by atoms with Crippen LogP contribution in [0.1, 0.15) is 20.9 Å². The van der Waals surface area contributed by atoms with Crippen molar-refractivity contribution in [2.75, 3.05) is 0 Å². The molecule has 2 heterocycles. The molecule has 3 rings (SSSR count). The number of aryl methyl sites for hydroxylation is 2. The maximum absolute atomic E-state index is 11.7. The van der Waals surface area contributed by atoms with E-state index in [1.54, 1.807) is 0 Å². The number of rotatable bonds is 2. The van der Waals surface area contributed by atoms with E-state index in [0.717, 1.165) is 32.6 Å². The van der Waals surface area contributed by atoms with Crippen LogP contribution in [0, 0.1) is 13.8 Å². The summed E-state index contributed by atoms with van der Waals surface area (Å²) in [4.78, 5) is 17.5. The molecule has 0 radical (unpaired) electrons. The number of nitrogens with one attached hydrogen (secondary N) is 1. The van der Waals surface area contributed by atoms with Gasteiger partial charge in [-0.15, -0.1) is 11.3 Å². The Morgan fingerprint density at radius 3 is 2.48 bits per heavy atom. The van der Waals surface area contributed by atoms with Crippen molar-refractivity contribution in [3.8, 4) is 11.1 Å². The Morgan fingerprint density at radius 1 is 1.19 bits per heavy atom. The molecular weight excluding hydrogens is 354 g/mol. The Morgan fingerprint density at radius 2 is 1.86 bits per heavy atom. The summed E-state index contributed by atoms with van der Waals surface area (Å²) >= 11 is 1.31. The predicted octanol–water partition coefficient (Wildman–Crippen LogP) is 1.78. The van der Waals surface area contributed by atoms with Crippen LogP contribution in [0.5, 0.6) is 0 Å². The van der Waals surface area contributed by atoms with E-state index in [2.05, 4.69) is 4.98 Å². The largest absolute Gasteiger partial charge is 1.00 e. The van der Waals surface area contributed by atoms with Gasteiger partial charge in [-0.25, -0.2) is 4.98 Å². The third-order valence-electron chi connectivity index (χ3n) is 3.26. The van der Waals surface area contributed by atoms with Gasteiger partial charge in [0.05, 0.1) is 10.8 Å². The monoisotopic (exact) mass is 366 g/mol. The van der Waals surface area contributed by atoms with Crippen molar-refractivity contribution in [2.24, 2.45) is 0 Å². The molecule has 0 aliphatic heterocycles. The second-order valence-electron chi connectivity index (χ2n) is 4.76. The van der Waals surface area contributed by atoms with Crippen LogP contribution in [0.4, 0.5) is 0 Å². The van der Waals surface area contributed by atoms with Gasteiger partial charge in [0.2, 0.25) is 0 Å². The molecule has 3 nitrogen and oxygen atoms in total. The smallest absolute Gasteiger partial charge is 0.663 e. The number of carbonyl (C=O) groups is 1. The summed E-state index contributed by atoms with van der Waals surface area (Å²) in [7, 11) is 0. The third kappa shape index (κ3) is 3.20. The van der Waals surface area contributed by atoms with E-state index in [1.165, 1.54) is 11.3 Å². The van der Waals surface area contributed by atoms with Crippen molar-refractivity contribution in [1.29, 1.82) is 0 Å².